The largest absolute Gasteiger partial charge is 0.497 e. The van der Waals surface area contributed by atoms with Crippen LogP contribution < -0.4 is 4.74 Å². The van der Waals surface area contributed by atoms with Crippen molar-refractivity contribution in [3.05, 3.63) is 70.4 Å². The molecule has 2 aromatic carbocycles. The molecule has 9 heteroatoms. The van der Waals surface area contributed by atoms with Crippen LogP contribution in [-0.4, -0.2) is 52.8 Å². The molecule has 0 bridgehead atoms. The number of carbonyl (C=O) groups is 1. The number of aliphatic hydroxyl groups excluding tert-OH is 1. The van der Waals surface area contributed by atoms with Crippen LogP contribution >= 0.6 is 11.6 Å². The molecular formula is C29H33ClF2N2O4. The van der Waals surface area contributed by atoms with E-state index in [1.807, 2.05) is 6.07 Å². The van der Waals surface area contributed by atoms with Gasteiger partial charge in [0.15, 0.2) is 11.6 Å². The van der Waals surface area contributed by atoms with E-state index in [0.717, 1.165) is 12.6 Å². The Morgan fingerprint density at radius 1 is 1.24 bits per heavy atom. The topological polar surface area (TPSA) is 82.9 Å². The number of carboxylic acids is 1. The summed E-state index contributed by atoms with van der Waals surface area (Å²) in [6.45, 7) is 2.15. The van der Waals surface area contributed by atoms with Crippen LogP contribution in [0.2, 0.25) is 5.02 Å². The molecule has 1 aliphatic heterocycles. The Morgan fingerprint density at radius 2 is 2.00 bits per heavy atom. The number of aliphatic carboxylic acids is 1. The summed E-state index contributed by atoms with van der Waals surface area (Å²) in [7, 11) is 1.57. The Bertz CT molecular complexity index is 1280. The van der Waals surface area contributed by atoms with Gasteiger partial charge in [-0.1, -0.05) is 23.7 Å². The standard InChI is InChI=1S/C29H33ClF2N2O4/c1-38-20-7-8-24-21(16-20)27(22(30)18-33-24)25(35)9-10-29(17-26(36)37)11-14-34(15-12-29)13-3-5-19-4-2-6-23(31)28(19)32/h2,4,6-8,16,18,25,35H,3,5,9-15,17H2,1H3,(H,36,37)/t25-/m0/s1. The molecule has 204 valence electrons. The first kappa shape index (κ1) is 28.2. The summed E-state index contributed by atoms with van der Waals surface area (Å²) in [6.07, 6.45) is 4.05. The number of piperidine rings is 1. The number of aryl methyl sites for hydroxylation is 1. The minimum Gasteiger partial charge on any atom is -0.497 e. The van der Waals surface area contributed by atoms with E-state index in [4.69, 9.17) is 16.3 Å². The number of rotatable bonds is 11. The molecule has 0 radical (unpaired) electrons. The molecule has 1 fully saturated rings. The Kier molecular flexibility index (Phi) is 9.18. The number of methoxy groups -OCH3 is 1. The van der Waals surface area contributed by atoms with Crippen molar-refractivity contribution in [3.8, 4) is 5.75 Å². The van der Waals surface area contributed by atoms with E-state index < -0.39 is 29.1 Å². The number of aliphatic hydroxyl groups is 1. The molecule has 0 unspecified atom stereocenters. The molecule has 1 aromatic heterocycles. The molecule has 1 saturated heterocycles. The lowest BCUT2D eigenvalue weighted by Crippen LogP contribution is -2.41. The van der Waals surface area contributed by atoms with Crippen LogP contribution in [0.5, 0.6) is 5.75 Å². The van der Waals surface area contributed by atoms with E-state index in [1.165, 1.54) is 12.3 Å². The highest BCUT2D eigenvalue weighted by Gasteiger charge is 2.37. The number of pyridine rings is 1. The number of halogens is 3. The van der Waals surface area contributed by atoms with Gasteiger partial charge in [-0.15, -0.1) is 0 Å². The molecule has 6 nitrogen and oxygen atoms in total. The van der Waals surface area contributed by atoms with Gasteiger partial charge in [0.1, 0.15) is 5.75 Å². The van der Waals surface area contributed by atoms with Gasteiger partial charge < -0.3 is 19.8 Å². The van der Waals surface area contributed by atoms with Gasteiger partial charge in [0.2, 0.25) is 0 Å². The van der Waals surface area contributed by atoms with Gasteiger partial charge in [-0.2, -0.15) is 0 Å². The number of aromatic nitrogens is 1. The van der Waals surface area contributed by atoms with E-state index in [1.54, 1.807) is 25.3 Å². The Balaban J connectivity index is 1.39. The molecule has 0 amide bonds. The fourth-order valence-electron chi connectivity index (χ4n) is 5.54. The van der Waals surface area contributed by atoms with Crippen molar-refractivity contribution in [1.29, 1.82) is 0 Å². The van der Waals surface area contributed by atoms with Gasteiger partial charge in [0.05, 0.1) is 30.2 Å². The number of hydrogen-bond acceptors (Lipinski definition) is 5. The van der Waals surface area contributed by atoms with Crippen molar-refractivity contribution in [1.82, 2.24) is 9.88 Å². The zero-order valence-electron chi connectivity index (χ0n) is 21.4. The molecule has 2 N–H and O–H groups in total. The number of carboxylic acid groups (broad SMARTS) is 1. The molecule has 1 atom stereocenters. The van der Waals surface area contributed by atoms with Crippen molar-refractivity contribution >= 4 is 28.5 Å². The van der Waals surface area contributed by atoms with Gasteiger partial charge in [-0.25, -0.2) is 8.78 Å². The molecule has 2 heterocycles. The Hall–Kier alpha value is -2.81. The molecule has 4 rings (SSSR count). The highest BCUT2D eigenvalue weighted by atomic mass is 35.5. The smallest absolute Gasteiger partial charge is 0.303 e. The normalized spacial score (nSPS) is 16.4. The lowest BCUT2D eigenvalue weighted by atomic mass is 9.71. The second kappa shape index (κ2) is 12.4. The summed E-state index contributed by atoms with van der Waals surface area (Å²) >= 11 is 6.46. The van der Waals surface area contributed by atoms with Crippen molar-refractivity contribution in [3.63, 3.8) is 0 Å². The number of likely N-dealkylation sites (tertiary alicyclic amines) is 1. The average Bonchev–Trinajstić information content (AvgIpc) is 2.90. The van der Waals surface area contributed by atoms with E-state index >= 15 is 0 Å². The average molecular weight is 547 g/mol. The number of ether oxygens (including phenoxy) is 1. The third-order valence-corrected chi connectivity index (χ3v) is 8.05. The molecule has 38 heavy (non-hydrogen) atoms. The highest BCUT2D eigenvalue weighted by Crippen LogP contribution is 2.43. The zero-order valence-corrected chi connectivity index (χ0v) is 22.2. The minimum atomic E-state index is -0.884. The van der Waals surface area contributed by atoms with Crippen molar-refractivity contribution in [2.45, 2.75) is 51.0 Å². The van der Waals surface area contributed by atoms with Crippen molar-refractivity contribution in [2.24, 2.45) is 5.41 Å². The van der Waals surface area contributed by atoms with Gasteiger partial charge >= 0.3 is 5.97 Å². The Labute approximate surface area is 226 Å². The highest BCUT2D eigenvalue weighted by molar-refractivity contribution is 6.32. The summed E-state index contributed by atoms with van der Waals surface area (Å²) in [6, 6.07) is 9.64. The van der Waals surface area contributed by atoms with E-state index in [9.17, 15) is 23.8 Å². The first-order valence-corrected chi connectivity index (χ1v) is 13.3. The third kappa shape index (κ3) is 6.60. The second-order valence-electron chi connectivity index (χ2n) is 10.2. The van der Waals surface area contributed by atoms with Crippen LogP contribution in [0, 0.1) is 17.0 Å². The second-order valence-corrected chi connectivity index (χ2v) is 10.6. The quantitative estimate of drug-likeness (QED) is 0.299. The predicted octanol–water partition coefficient (Wildman–Crippen LogP) is 6.18. The van der Waals surface area contributed by atoms with Crippen LogP contribution in [-0.2, 0) is 11.2 Å². The first-order valence-electron chi connectivity index (χ1n) is 12.9. The molecule has 3 aromatic rings. The predicted molar refractivity (Wildman–Crippen MR) is 143 cm³/mol. The summed E-state index contributed by atoms with van der Waals surface area (Å²) in [5.41, 5.74) is 1.19. The van der Waals surface area contributed by atoms with Crippen molar-refractivity contribution in [2.75, 3.05) is 26.7 Å². The molecule has 0 spiro atoms. The van der Waals surface area contributed by atoms with Crippen LogP contribution in [0.3, 0.4) is 0 Å². The third-order valence-electron chi connectivity index (χ3n) is 7.74. The molecule has 1 aliphatic rings. The van der Waals surface area contributed by atoms with Gasteiger partial charge in [0.25, 0.3) is 0 Å². The number of hydrogen-bond donors (Lipinski definition) is 2. The van der Waals surface area contributed by atoms with Crippen LogP contribution in [0.15, 0.2) is 42.6 Å². The summed E-state index contributed by atoms with van der Waals surface area (Å²) in [5.74, 6) is -1.84. The summed E-state index contributed by atoms with van der Waals surface area (Å²) in [4.78, 5) is 18.4. The lowest BCUT2D eigenvalue weighted by Gasteiger charge is -2.41. The maximum Gasteiger partial charge on any atom is 0.303 e. The van der Waals surface area contributed by atoms with Crippen molar-refractivity contribution < 1.29 is 28.5 Å². The fraction of sp³-hybridized carbons (Fsp3) is 0.448. The maximum absolute atomic E-state index is 13.9. The number of fused-ring (bicyclic) bond motifs is 1. The molecule has 0 saturated carbocycles. The first-order chi connectivity index (χ1) is 18.2. The molecule has 0 aliphatic carbocycles. The van der Waals surface area contributed by atoms with Crippen LogP contribution in [0.25, 0.3) is 10.9 Å². The van der Waals surface area contributed by atoms with E-state index in [2.05, 4.69) is 9.88 Å². The van der Waals surface area contributed by atoms with Gasteiger partial charge in [-0.3, -0.25) is 9.78 Å². The van der Waals surface area contributed by atoms with Crippen LogP contribution in [0.1, 0.15) is 55.8 Å². The molecular weight excluding hydrogens is 514 g/mol. The fourth-order valence-corrected chi connectivity index (χ4v) is 5.82. The number of nitrogens with zero attached hydrogens (tertiary/aromatic N) is 2. The maximum atomic E-state index is 13.9. The Morgan fingerprint density at radius 3 is 2.71 bits per heavy atom. The number of benzene rings is 2. The van der Waals surface area contributed by atoms with Gasteiger partial charge in [0, 0.05) is 17.1 Å². The van der Waals surface area contributed by atoms with E-state index in [0.29, 0.717) is 84.4 Å². The SMILES string of the molecule is COc1ccc2ncc(Cl)c([C@@H](O)CCC3(CC(=O)O)CCN(CCCc4cccc(F)c4F)CC3)c2c1. The summed E-state index contributed by atoms with van der Waals surface area (Å²) in [5, 5.41) is 21.9. The minimum absolute atomic E-state index is 0.0285. The summed E-state index contributed by atoms with van der Waals surface area (Å²) < 4.78 is 32.7. The van der Waals surface area contributed by atoms with E-state index in [-0.39, 0.29) is 6.42 Å². The lowest BCUT2D eigenvalue weighted by molar-refractivity contribution is -0.141. The van der Waals surface area contributed by atoms with Crippen LogP contribution in [0.4, 0.5) is 8.78 Å². The monoisotopic (exact) mass is 546 g/mol. The van der Waals surface area contributed by atoms with Gasteiger partial charge in [-0.05, 0) is 93.4 Å². The zero-order chi connectivity index (χ0) is 27.3.